The molecule has 4 rings (SSSR count). The van der Waals surface area contributed by atoms with E-state index in [1.54, 1.807) is 0 Å². The predicted molar refractivity (Wildman–Crippen MR) is 108 cm³/mol. The lowest BCUT2D eigenvalue weighted by molar-refractivity contribution is 0.0729. The van der Waals surface area contributed by atoms with Crippen molar-refractivity contribution in [3.63, 3.8) is 0 Å². The molecule has 2 aromatic heterocycles. The Bertz CT molecular complexity index is 1090. The molecule has 154 valence electrons. The van der Waals surface area contributed by atoms with Gasteiger partial charge in [0.25, 0.3) is 0 Å². The van der Waals surface area contributed by atoms with Crippen molar-refractivity contribution >= 4 is 27.0 Å². The zero-order chi connectivity index (χ0) is 20.4. The second kappa shape index (κ2) is 8.23. The number of sulfonamides is 1. The minimum atomic E-state index is -3.93. The maximum absolute atomic E-state index is 14.3. The third-order valence-electron chi connectivity index (χ3n) is 4.60. The average Bonchev–Trinajstić information content (AvgIpc) is 3.38. The van der Waals surface area contributed by atoms with Crippen LogP contribution in [0.2, 0.25) is 0 Å². The number of hydrogen-bond donors (Lipinski definition) is 1. The first kappa shape index (κ1) is 20.0. The fourth-order valence-electron chi connectivity index (χ4n) is 3.02. The number of aromatic nitrogens is 1. The first-order valence-corrected chi connectivity index (χ1v) is 11.4. The van der Waals surface area contributed by atoms with Gasteiger partial charge in [-0.1, -0.05) is 6.07 Å². The first-order chi connectivity index (χ1) is 13.9. The largest absolute Gasteiger partial charge is 0.440 e. The van der Waals surface area contributed by atoms with E-state index < -0.39 is 15.8 Å². The number of oxazole rings is 1. The van der Waals surface area contributed by atoms with Gasteiger partial charge in [0.15, 0.2) is 0 Å². The molecule has 0 unspecified atom stereocenters. The number of halogens is 1. The monoisotopic (exact) mass is 437 g/mol. The molecule has 1 aromatic carbocycles. The zero-order valence-electron chi connectivity index (χ0n) is 15.7. The van der Waals surface area contributed by atoms with Crippen LogP contribution in [0.1, 0.15) is 11.5 Å². The van der Waals surface area contributed by atoms with Crippen molar-refractivity contribution in [3.05, 3.63) is 53.0 Å². The zero-order valence-corrected chi connectivity index (χ0v) is 17.4. The fourth-order valence-corrected chi connectivity index (χ4v) is 5.17. The van der Waals surface area contributed by atoms with Crippen molar-refractivity contribution in [1.82, 2.24) is 9.29 Å². The molecule has 1 aliphatic heterocycles. The maximum atomic E-state index is 14.3. The smallest absolute Gasteiger partial charge is 0.246 e. The highest BCUT2D eigenvalue weighted by Crippen LogP contribution is 2.27. The van der Waals surface area contributed by atoms with Gasteiger partial charge >= 0.3 is 0 Å². The van der Waals surface area contributed by atoms with Crippen LogP contribution in [-0.2, 0) is 21.3 Å². The molecule has 10 heteroatoms. The lowest BCUT2D eigenvalue weighted by atomic mass is 10.3. The van der Waals surface area contributed by atoms with E-state index in [1.165, 1.54) is 27.8 Å². The number of rotatable bonds is 6. The topological polar surface area (TPSA) is 84.7 Å². The van der Waals surface area contributed by atoms with Crippen LogP contribution in [0.15, 0.2) is 45.0 Å². The summed E-state index contributed by atoms with van der Waals surface area (Å²) in [7, 11) is -3.93. The highest BCUT2D eigenvalue weighted by Gasteiger charge is 2.29. The Balaban J connectivity index is 1.53. The Labute approximate surface area is 172 Å². The molecule has 7 nitrogen and oxygen atoms in total. The fraction of sp³-hybridized carbons (Fsp3) is 0.316. The number of benzene rings is 1. The number of nitrogens with one attached hydrogen (secondary N) is 1. The van der Waals surface area contributed by atoms with Crippen molar-refractivity contribution in [2.24, 2.45) is 0 Å². The molecule has 0 spiro atoms. The number of ether oxygens (including phenoxy) is 1. The highest BCUT2D eigenvalue weighted by molar-refractivity contribution is 7.89. The lowest BCUT2D eigenvalue weighted by Crippen LogP contribution is -2.40. The Morgan fingerprint density at radius 2 is 2.07 bits per heavy atom. The SMILES string of the molecule is Cc1oc(-c2cccs2)nc1CNc1ccc(F)c(S(=O)(=O)N2CCOCC2)c1. The van der Waals surface area contributed by atoms with Crippen LogP contribution in [0.5, 0.6) is 0 Å². The summed E-state index contributed by atoms with van der Waals surface area (Å²) in [5, 5.41) is 5.06. The van der Waals surface area contributed by atoms with E-state index in [4.69, 9.17) is 9.15 Å². The quantitative estimate of drug-likeness (QED) is 0.636. The second-order valence-corrected chi connectivity index (χ2v) is 9.37. The number of thiophene rings is 1. The van der Waals surface area contributed by atoms with Gasteiger partial charge in [-0.2, -0.15) is 4.31 Å². The molecule has 1 saturated heterocycles. The molecule has 3 heterocycles. The van der Waals surface area contributed by atoms with Gasteiger partial charge in [0.2, 0.25) is 15.9 Å². The summed E-state index contributed by atoms with van der Waals surface area (Å²) in [6, 6.07) is 7.82. The normalized spacial score (nSPS) is 15.5. The van der Waals surface area contributed by atoms with E-state index in [0.717, 1.165) is 10.9 Å². The van der Waals surface area contributed by atoms with E-state index in [-0.39, 0.29) is 18.0 Å². The number of morpholine rings is 1. The maximum Gasteiger partial charge on any atom is 0.246 e. The lowest BCUT2D eigenvalue weighted by Gasteiger charge is -2.26. The molecule has 0 bridgehead atoms. The second-order valence-electron chi connectivity index (χ2n) is 6.51. The molecule has 29 heavy (non-hydrogen) atoms. The number of aryl methyl sites for hydroxylation is 1. The van der Waals surface area contributed by atoms with E-state index in [1.807, 2.05) is 24.4 Å². The van der Waals surface area contributed by atoms with Crippen LogP contribution in [0, 0.1) is 12.7 Å². The molecule has 0 radical (unpaired) electrons. The summed E-state index contributed by atoms with van der Waals surface area (Å²) >= 11 is 1.53. The van der Waals surface area contributed by atoms with Crippen molar-refractivity contribution in [1.29, 1.82) is 0 Å². The summed E-state index contributed by atoms with van der Waals surface area (Å²) in [4.78, 5) is 5.08. The molecule has 1 N–H and O–H groups in total. The van der Waals surface area contributed by atoms with Gasteiger partial charge < -0.3 is 14.5 Å². The van der Waals surface area contributed by atoms with Gasteiger partial charge in [0, 0.05) is 18.8 Å². The van der Waals surface area contributed by atoms with E-state index >= 15 is 0 Å². The summed E-state index contributed by atoms with van der Waals surface area (Å²) in [6.45, 7) is 3.17. The van der Waals surface area contributed by atoms with Gasteiger partial charge in [0.1, 0.15) is 22.2 Å². The summed E-state index contributed by atoms with van der Waals surface area (Å²) < 4.78 is 52.1. The van der Waals surface area contributed by atoms with Crippen molar-refractivity contribution in [2.45, 2.75) is 18.4 Å². The Morgan fingerprint density at radius 1 is 1.28 bits per heavy atom. The molecule has 3 aromatic rings. The molecule has 0 aliphatic carbocycles. The Kier molecular flexibility index (Phi) is 5.68. The number of hydrogen-bond acceptors (Lipinski definition) is 7. The van der Waals surface area contributed by atoms with Crippen LogP contribution < -0.4 is 5.32 Å². The molecule has 1 aliphatic rings. The third kappa shape index (κ3) is 4.20. The Morgan fingerprint density at radius 3 is 2.79 bits per heavy atom. The highest BCUT2D eigenvalue weighted by atomic mass is 32.2. The minimum Gasteiger partial charge on any atom is -0.440 e. The van der Waals surface area contributed by atoms with Crippen molar-refractivity contribution in [2.75, 3.05) is 31.6 Å². The average molecular weight is 438 g/mol. The summed E-state index contributed by atoms with van der Waals surface area (Å²) in [5.41, 5.74) is 1.19. The van der Waals surface area contributed by atoms with Crippen molar-refractivity contribution in [3.8, 4) is 10.8 Å². The van der Waals surface area contributed by atoms with Crippen LogP contribution in [0.25, 0.3) is 10.8 Å². The molecule has 0 atom stereocenters. The van der Waals surface area contributed by atoms with Gasteiger partial charge in [-0.3, -0.25) is 0 Å². The van der Waals surface area contributed by atoms with Crippen LogP contribution in [0.4, 0.5) is 10.1 Å². The van der Waals surface area contributed by atoms with E-state index in [0.29, 0.717) is 42.8 Å². The molecule has 0 saturated carbocycles. The number of anilines is 1. The van der Waals surface area contributed by atoms with E-state index in [9.17, 15) is 12.8 Å². The minimum absolute atomic E-state index is 0.211. The van der Waals surface area contributed by atoms with Gasteiger partial charge in [-0.05, 0) is 36.6 Å². The van der Waals surface area contributed by atoms with Crippen LogP contribution in [0.3, 0.4) is 0 Å². The number of nitrogens with zero attached hydrogens (tertiary/aromatic N) is 2. The Hall–Kier alpha value is -2.27. The standard InChI is InChI=1S/C19H20FN3O4S2/c1-13-16(22-19(27-13)17-3-2-10-28-17)12-21-14-4-5-15(20)18(11-14)29(24,25)23-6-8-26-9-7-23/h2-5,10-11,21H,6-9,12H2,1H3. The van der Waals surface area contributed by atoms with Gasteiger partial charge in [-0.15, -0.1) is 11.3 Å². The molecule has 1 fully saturated rings. The first-order valence-electron chi connectivity index (χ1n) is 9.06. The van der Waals surface area contributed by atoms with Crippen molar-refractivity contribution < 1.29 is 22.0 Å². The van der Waals surface area contributed by atoms with Gasteiger partial charge in [-0.25, -0.2) is 17.8 Å². The molecular formula is C19H20FN3O4S2. The third-order valence-corrected chi connectivity index (χ3v) is 7.38. The van der Waals surface area contributed by atoms with E-state index in [2.05, 4.69) is 10.3 Å². The molecular weight excluding hydrogens is 417 g/mol. The summed E-state index contributed by atoms with van der Waals surface area (Å²) in [5.74, 6) is 0.438. The van der Waals surface area contributed by atoms with Gasteiger partial charge in [0.05, 0.1) is 24.6 Å². The summed E-state index contributed by atoms with van der Waals surface area (Å²) in [6.07, 6.45) is 0. The predicted octanol–water partition coefficient (Wildman–Crippen LogP) is 3.48. The van der Waals surface area contributed by atoms with Crippen LogP contribution >= 0.6 is 11.3 Å². The van der Waals surface area contributed by atoms with Crippen LogP contribution in [-0.4, -0.2) is 44.0 Å². The molecule has 0 amide bonds.